The molecule has 0 saturated carbocycles. The summed E-state index contributed by atoms with van der Waals surface area (Å²) in [5, 5.41) is 3.43. The Morgan fingerprint density at radius 3 is 2.79 bits per heavy atom. The van der Waals surface area contributed by atoms with Crippen LogP contribution in [0.3, 0.4) is 0 Å². The van der Waals surface area contributed by atoms with E-state index in [1.54, 1.807) is 0 Å². The molecule has 0 aromatic heterocycles. The molecular weight excluding hydrogens is 193 g/mol. The molecule has 0 amide bonds. The van der Waals surface area contributed by atoms with Crippen molar-refractivity contribution in [3.63, 3.8) is 0 Å². The summed E-state index contributed by atoms with van der Waals surface area (Å²) in [6.07, 6.45) is 3.82. The van der Waals surface area contributed by atoms with Gasteiger partial charge in [-0.15, -0.1) is 0 Å². The molecule has 1 aromatic carbocycles. The van der Waals surface area contributed by atoms with E-state index >= 15 is 0 Å². The lowest BCUT2D eigenvalue weighted by Gasteiger charge is -2.22. The number of benzene rings is 1. The average Bonchev–Trinajstić information content (AvgIpc) is 2.29. The molecule has 1 aliphatic heterocycles. The van der Waals surface area contributed by atoms with E-state index in [-0.39, 0.29) is 8.30 Å². The van der Waals surface area contributed by atoms with Gasteiger partial charge in [-0.25, -0.2) is 0 Å². The van der Waals surface area contributed by atoms with E-state index in [4.69, 9.17) is 4.52 Å². The summed E-state index contributed by atoms with van der Waals surface area (Å²) in [5.74, 6) is 0. The molecule has 0 bridgehead atoms. The van der Waals surface area contributed by atoms with Crippen molar-refractivity contribution < 1.29 is 4.52 Å². The zero-order chi connectivity index (χ0) is 9.64. The Labute approximate surface area is 86.6 Å². The quantitative estimate of drug-likeness (QED) is 0.773. The fraction of sp³-hybridized carbons (Fsp3) is 0.455. The van der Waals surface area contributed by atoms with Crippen molar-refractivity contribution in [2.45, 2.75) is 19.4 Å². The van der Waals surface area contributed by atoms with E-state index in [1.165, 1.54) is 24.6 Å². The molecule has 0 spiro atoms. The van der Waals surface area contributed by atoms with Crippen LogP contribution >= 0.6 is 8.30 Å². The standard InChI is InChI=1S/C11H16NOP/c1-2-6-11(7-3-1)10-13-14-9-5-4-8-12-14/h1-3,6-7,12H,4-5,8-10H2. The molecule has 1 atom stereocenters. The van der Waals surface area contributed by atoms with Gasteiger partial charge in [-0.05, 0) is 18.4 Å². The number of rotatable bonds is 3. The van der Waals surface area contributed by atoms with Crippen LogP contribution in [-0.2, 0) is 11.1 Å². The SMILES string of the molecule is c1ccc(COP2CCCCN2)cc1. The fourth-order valence-corrected chi connectivity index (χ4v) is 3.10. The van der Waals surface area contributed by atoms with Crippen LogP contribution in [0.15, 0.2) is 30.3 Å². The predicted octanol–water partition coefficient (Wildman–Crippen LogP) is 2.90. The minimum atomic E-state index is -0.345. The molecule has 1 saturated heterocycles. The van der Waals surface area contributed by atoms with E-state index in [2.05, 4.69) is 29.4 Å². The van der Waals surface area contributed by atoms with Gasteiger partial charge < -0.3 is 4.52 Å². The van der Waals surface area contributed by atoms with Crippen LogP contribution in [0, 0.1) is 0 Å². The Hall–Kier alpha value is -0.430. The Balaban J connectivity index is 1.76. The maximum Gasteiger partial charge on any atom is 0.102 e. The number of nitrogens with one attached hydrogen (secondary N) is 1. The molecule has 3 heteroatoms. The first-order valence-electron chi connectivity index (χ1n) is 5.13. The zero-order valence-electron chi connectivity index (χ0n) is 8.28. The fourth-order valence-electron chi connectivity index (χ4n) is 1.50. The molecule has 2 rings (SSSR count). The lowest BCUT2D eigenvalue weighted by atomic mass is 10.2. The predicted molar refractivity (Wildman–Crippen MR) is 60.3 cm³/mol. The number of hydrogen-bond acceptors (Lipinski definition) is 2. The van der Waals surface area contributed by atoms with Crippen molar-refractivity contribution in [3.8, 4) is 0 Å². The van der Waals surface area contributed by atoms with Gasteiger partial charge in [0.25, 0.3) is 0 Å². The van der Waals surface area contributed by atoms with Gasteiger partial charge in [0, 0.05) is 12.7 Å². The summed E-state index contributed by atoms with van der Waals surface area (Å²) >= 11 is 0. The van der Waals surface area contributed by atoms with Crippen LogP contribution in [-0.4, -0.2) is 12.7 Å². The summed E-state index contributed by atoms with van der Waals surface area (Å²) in [6, 6.07) is 10.4. The van der Waals surface area contributed by atoms with Crippen molar-refractivity contribution in [2.75, 3.05) is 12.7 Å². The largest absolute Gasteiger partial charge is 0.339 e. The zero-order valence-corrected chi connectivity index (χ0v) is 9.17. The van der Waals surface area contributed by atoms with E-state index in [0.717, 1.165) is 13.2 Å². The second-order valence-electron chi connectivity index (χ2n) is 3.48. The molecule has 0 radical (unpaired) electrons. The first-order valence-corrected chi connectivity index (χ1v) is 6.57. The lowest BCUT2D eigenvalue weighted by molar-refractivity contribution is 0.331. The third kappa shape index (κ3) is 3.06. The van der Waals surface area contributed by atoms with Gasteiger partial charge in [-0.1, -0.05) is 30.3 Å². The molecule has 0 aliphatic carbocycles. The molecule has 2 nitrogen and oxygen atoms in total. The highest BCUT2D eigenvalue weighted by Gasteiger charge is 2.12. The third-order valence-corrected chi connectivity index (χ3v) is 4.05. The molecule has 1 aromatic rings. The van der Waals surface area contributed by atoms with Crippen molar-refractivity contribution in [1.82, 2.24) is 5.09 Å². The Morgan fingerprint density at radius 1 is 1.21 bits per heavy atom. The van der Waals surface area contributed by atoms with Crippen molar-refractivity contribution in [3.05, 3.63) is 35.9 Å². The molecule has 14 heavy (non-hydrogen) atoms. The van der Waals surface area contributed by atoms with E-state index < -0.39 is 0 Å². The summed E-state index contributed by atoms with van der Waals surface area (Å²) < 4.78 is 5.82. The average molecular weight is 209 g/mol. The van der Waals surface area contributed by atoms with Gasteiger partial charge in [-0.3, -0.25) is 5.09 Å². The minimum Gasteiger partial charge on any atom is -0.339 e. The van der Waals surface area contributed by atoms with Crippen LogP contribution in [0.4, 0.5) is 0 Å². The molecule has 76 valence electrons. The topological polar surface area (TPSA) is 21.3 Å². The number of hydrogen-bond donors (Lipinski definition) is 1. The van der Waals surface area contributed by atoms with Gasteiger partial charge in [0.05, 0.1) is 6.61 Å². The summed E-state index contributed by atoms with van der Waals surface area (Å²) in [5.41, 5.74) is 1.27. The highest BCUT2D eigenvalue weighted by Crippen LogP contribution is 2.36. The van der Waals surface area contributed by atoms with Crippen LogP contribution in [0.25, 0.3) is 0 Å². The van der Waals surface area contributed by atoms with E-state index in [9.17, 15) is 0 Å². The van der Waals surface area contributed by atoms with E-state index in [0.29, 0.717) is 0 Å². The van der Waals surface area contributed by atoms with E-state index in [1.807, 2.05) is 6.07 Å². The summed E-state index contributed by atoms with van der Waals surface area (Å²) in [7, 11) is -0.345. The van der Waals surface area contributed by atoms with Crippen LogP contribution in [0.1, 0.15) is 18.4 Å². The Bertz CT molecular complexity index is 259. The Morgan fingerprint density at radius 2 is 2.07 bits per heavy atom. The highest BCUT2D eigenvalue weighted by atomic mass is 31.2. The highest BCUT2D eigenvalue weighted by molar-refractivity contribution is 7.50. The molecule has 1 fully saturated rings. The minimum absolute atomic E-state index is 0.345. The smallest absolute Gasteiger partial charge is 0.102 e. The monoisotopic (exact) mass is 209 g/mol. The molecule has 1 unspecified atom stereocenters. The van der Waals surface area contributed by atoms with Gasteiger partial charge in [-0.2, -0.15) is 0 Å². The second kappa shape index (κ2) is 5.45. The lowest BCUT2D eigenvalue weighted by Crippen LogP contribution is -2.18. The van der Waals surface area contributed by atoms with Crippen molar-refractivity contribution in [2.24, 2.45) is 0 Å². The first-order chi connectivity index (χ1) is 6.95. The normalized spacial score (nSPS) is 22.1. The molecule has 1 N–H and O–H groups in total. The molecule has 1 aliphatic rings. The summed E-state index contributed by atoms with van der Waals surface area (Å²) in [4.78, 5) is 0. The van der Waals surface area contributed by atoms with Crippen molar-refractivity contribution >= 4 is 8.30 Å². The maximum absolute atomic E-state index is 5.82. The van der Waals surface area contributed by atoms with Gasteiger partial charge in [0.2, 0.25) is 0 Å². The molecular formula is C11H16NOP. The Kier molecular flexibility index (Phi) is 3.93. The van der Waals surface area contributed by atoms with Crippen LogP contribution in [0.2, 0.25) is 0 Å². The van der Waals surface area contributed by atoms with Gasteiger partial charge in [0.1, 0.15) is 8.30 Å². The third-order valence-electron chi connectivity index (χ3n) is 2.31. The molecule has 1 heterocycles. The first kappa shape index (κ1) is 10.1. The van der Waals surface area contributed by atoms with Crippen LogP contribution in [0.5, 0.6) is 0 Å². The second-order valence-corrected chi connectivity index (χ2v) is 5.26. The van der Waals surface area contributed by atoms with Gasteiger partial charge >= 0.3 is 0 Å². The van der Waals surface area contributed by atoms with Crippen LogP contribution < -0.4 is 5.09 Å². The van der Waals surface area contributed by atoms with Crippen molar-refractivity contribution in [1.29, 1.82) is 0 Å². The maximum atomic E-state index is 5.82. The van der Waals surface area contributed by atoms with Gasteiger partial charge in [0.15, 0.2) is 0 Å². The summed E-state index contributed by atoms with van der Waals surface area (Å²) in [6.45, 7) is 1.88.